The summed E-state index contributed by atoms with van der Waals surface area (Å²) in [5.74, 6) is 1.13. The van der Waals surface area contributed by atoms with E-state index in [1.807, 2.05) is 24.5 Å². The maximum atomic E-state index is 4.94. The van der Waals surface area contributed by atoms with Crippen molar-refractivity contribution >= 4 is 23.9 Å². The summed E-state index contributed by atoms with van der Waals surface area (Å²) in [7, 11) is 0. The summed E-state index contributed by atoms with van der Waals surface area (Å²) in [5, 5.41) is 3.81. The van der Waals surface area contributed by atoms with Gasteiger partial charge in [0, 0.05) is 29.7 Å². The van der Waals surface area contributed by atoms with Crippen LogP contribution in [0.1, 0.15) is 43.4 Å². The molecule has 25 heavy (non-hydrogen) atoms. The zero-order valence-electron chi connectivity index (χ0n) is 14.8. The van der Waals surface area contributed by atoms with Crippen molar-refractivity contribution in [3.05, 3.63) is 47.9 Å². The first-order valence-corrected chi connectivity index (χ1v) is 8.89. The van der Waals surface area contributed by atoms with Crippen molar-refractivity contribution in [2.24, 2.45) is 0 Å². The number of nitrogens with one attached hydrogen (secondary N) is 1. The van der Waals surface area contributed by atoms with E-state index in [-0.39, 0.29) is 12.4 Å². The molecule has 1 aliphatic rings. The lowest BCUT2D eigenvalue weighted by Crippen LogP contribution is -2.23. The molecule has 0 aromatic carbocycles. The average Bonchev–Trinajstić information content (AvgIpc) is 2.95. The van der Waals surface area contributed by atoms with E-state index >= 15 is 0 Å². The van der Waals surface area contributed by atoms with Gasteiger partial charge >= 0.3 is 0 Å². The van der Waals surface area contributed by atoms with E-state index in [4.69, 9.17) is 4.98 Å². The molecular formula is C20H25ClN4. The van der Waals surface area contributed by atoms with Gasteiger partial charge in [0.15, 0.2) is 0 Å². The molecule has 132 valence electrons. The minimum Gasteiger partial charge on any atom is -0.367 e. The van der Waals surface area contributed by atoms with E-state index in [1.165, 1.54) is 43.4 Å². The molecular weight excluding hydrogens is 332 g/mol. The highest BCUT2D eigenvalue weighted by molar-refractivity contribution is 5.85. The van der Waals surface area contributed by atoms with Gasteiger partial charge in [0.2, 0.25) is 0 Å². The molecule has 0 radical (unpaired) electrons. The Hall–Kier alpha value is -2.07. The molecule has 1 saturated carbocycles. The third-order valence-electron chi connectivity index (χ3n) is 4.95. The van der Waals surface area contributed by atoms with Crippen molar-refractivity contribution in [3.8, 4) is 11.3 Å². The molecule has 3 aromatic rings. The summed E-state index contributed by atoms with van der Waals surface area (Å²) in [6.07, 6.45) is 10.2. The largest absolute Gasteiger partial charge is 0.367 e. The number of nitrogens with zero attached hydrogens (tertiary/aromatic N) is 3. The van der Waals surface area contributed by atoms with E-state index in [2.05, 4.69) is 40.7 Å². The number of hydrogen-bond acceptors (Lipinski definition) is 3. The molecule has 4 nitrogen and oxygen atoms in total. The fourth-order valence-electron chi connectivity index (χ4n) is 3.82. The molecule has 0 saturated heterocycles. The molecule has 0 atom stereocenters. The van der Waals surface area contributed by atoms with Crippen LogP contribution in [0.15, 0.2) is 36.7 Å². The van der Waals surface area contributed by atoms with Crippen LogP contribution in [0.4, 0.5) is 5.82 Å². The van der Waals surface area contributed by atoms with Crippen molar-refractivity contribution in [2.75, 3.05) is 5.32 Å². The molecule has 0 unspecified atom stereocenters. The number of imidazole rings is 1. The van der Waals surface area contributed by atoms with E-state index in [0.717, 1.165) is 22.7 Å². The third kappa shape index (κ3) is 3.49. The number of aryl methyl sites for hydroxylation is 2. The van der Waals surface area contributed by atoms with Crippen molar-refractivity contribution in [1.29, 1.82) is 0 Å². The Morgan fingerprint density at radius 3 is 2.48 bits per heavy atom. The quantitative estimate of drug-likeness (QED) is 0.703. The monoisotopic (exact) mass is 356 g/mol. The lowest BCUT2D eigenvalue weighted by Gasteiger charge is -2.24. The number of pyridine rings is 2. The third-order valence-corrected chi connectivity index (χ3v) is 4.95. The Labute approximate surface area is 155 Å². The van der Waals surface area contributed by atoms with Gasteiger partial charge < -0.3 is 5.32 Å². The second kappa shape index (κ2) is 7.44. The van der Waals surface area contributed by atoms with Gasteiger partial charge in [-0.25, -0.2) is 4.98 Å². The molecule has 0 aliphatic heterocycles. The van der Waals surface area contributed by atoms with Gasteiger partial charge in [-0.3, -0.25) is 9.38 Å². The Morgan fingerprint density at radius 2 is 1.76 bits per heavy atom. The summed E-state index contributed by atoms with van der Waals surface area (Å²) in [6.45, 7) is 4.28. The van der Waals surface area contributed by atoms with Gasteiger partial charge in [0.25, 0.3) is 0 Å². The SMILES string of the molecule is Cc1cc(C)n2c(NC3CCCCC3)c(-c3ccncc3)nc2c1.Cl. The van der Waals surface area contributed by atoms with Crippen molar-refractivity contribution in [2.45, 2.75) is 52.0 Å². The molecule has 3 aromatic heterocycles. The fraction of sp³-hybridized carbons (Fsp3) is 0.400. The average molecular weight is 357 g/mol. The van der Waals surface area contributed by atoms with Crippen LogP contribution in [0.3, 0.4) is 0 Å². The number of anilines is 1. The Balaban J connectivity index is 0.00000182. The van der Waals surface area contributed by atoms with Crippen LogP contribution < -0.4 is 5.32 Å². The van der Waals surface area contributed by atoms with Crippen LogP contribution in [0, 0.1) is 13.8 Å². The standard InChI is InChI=1S/C20H24N4.ClH/c1-14-12-15(2)24-18(13-14)23-19(16-8-10-21-11-9-16)20(24)22-17-6-4-3-5-7-17;/h8-13,17,22H,3-7H2,1-2H3;1H. The van der Waals surface area contributed by atoms with Gasteiger partial charge in [-0.1, -0.05) is 19.3 Å². The Morgan fingerprint density at radius 1 is 1.04 bits per heavy atom. The molecule has 3 heterocycles. The fourth-order valence-corrected chi connectivity index (χ4v) is 3.82. The van der Waals surface area contributed by atoms with Crippen LogP contribution in [0.2, 0.25) is 0 Å². The van der Waals surface area contributed by atoms with Crippen LogP contribution in [-0.4, -0.2) is 20.4 Å². The number of hydrogen-bond donors (Lipinski definition) is 1. The second-order valence-corrected chi connectivity index (χ2v) is 6.89. The highest BCUT2D eigenvalue weighted by atomic mass is 35.5. The summed E-state index contributed by atoms with van der Waals surface area (Å²) < 4.78 is 2.26. The normalized spacial score (nSPS) is 15.1. The van der Waals surface area contributed by atoms with E-state index < -0.39 is 0 Å². The molecule has 0 bridgehead atoms. The number of fused-ring (bicyclic) bond motifs is 1. The molecule has 1 N–H and O–H groups in total. The predicted octanol–water partition coefficient (Wildman–Crippen LogP) is 5.18. The second-order valence-electron chi connectivity index (χ2n) is 6.89. The first kappa shape index (κ1) is 17.7. The number of rotatable bonds is 3. The number of halogens is 1. The number of aromatic nitrogens is 3. The zero-order valence-corrected chi connectivity index (χ0v) is 15.6. The van der Waals surface area contributed by atoms with E-state index in [0.29, 0.717) is 6.04 Å². The first-order valence-electron chi connectivity index (χ1n) is 8.89. The van der Waals surface area contributed by atoms with Gasteiger partial charge in [-0.15, -0.1) is 12.4 Å². The molecule has 4 rings (SSSR count). The minimum atomic E-state index is 0. The smallest absolute Gasteiger partial charge is 0.139 e. The van der Waals surface area contributed by atoms with Crippen LogP contribution in [0.5, 0.6) is 0 Å². The van der Waals surface area contributed by atoms with Crippen LogP contribution in [0.25, 0.3) is 16.9 Å². The summed E-state index contributed by atoms with van der Waals surface area (Å²) in [4.78, 5) is 9.09. The molecule has 1 aliphatic carbocycles. The highest BCUT2D eigenvalue weighted by Crippen LogP contribution is 2.32. The van der Waals surface area contributed by atoms with E-state index in [9.17, 15) is 0 Å². The van der Waals surface area contributed by atoms with Gasteiger partial charge in [0.1, 0.15) is 17.2 Å². The lowest BCUT2D eigenvalue weighted by molar-refractivity contribution is 0.461. The molecule has 5 heteroatoms. The van der Waals surface area contributed by atoms with Gasteiger partial charge in [-0.2, -0.15) is 0 Å². The first-order chi connectivity index (χ1) is 11.7. The summed E-state index contributed by atoms with van der Waals surface area (Å²) >= 11 is 0. The van der Waals surface area contributed by atoms with Crippen molar-refractivity contribution < 1.29 is 0 Å². The van der Waals surface area contributed by atoms with E-state index in [1.54, 1.807) is 0 Å². The highest BCUT2D eigenvalue weighted by Gasteiger charge is 2.20. The Kier molecular flexibility index (Phi) is 5.28. The van der Waals surface area contributed by atoms with Crippen LogP contribution >= 0.6 is 12.4 Å². The molecule has 1 fully saturated rings. The van der Waals surface area contributed by atoms with Crippen molar-refractivity contribution in [1.82, 2.24) is 14.4 Å². The lowest BCUT2D eigenvalue weighted by atomic mass is 9.95. The maximum Gasteiger partial charge on any atom is 0.139 e. The zero-order chi connectivity index (χ0) is 16.5. The summed E-state index contributed by atoms with van der Waals surface area (Å²) in [5.41, 5.74) is 5.62. The van der Waals surface area contributed by atoms with Crippen molar-refractivity contribution in [3.63, 3.8) is 0 Å². The minimum absolute atomic E-state index is 0. The van der Waals surface area contributed by atoms with Gasteiger partial charge in [0.05, 0.1) is 0 Å². The maximum absolute atomic E-state index is 4.94. The predicted molar refractivity (Wildman–Crippen MR) is 106 cm³/mol. The molecule has 0 amide bonds. The summed E-state index contributed by atoms with van der Waals surface area (Å²) in [6, 6.07) is 8.99. The van der Waals surface area contributed by atoms with Crippen LogP contribution in [-0.2, 0) is 0 Å². The topological polar surface area (TPSA) is 42.2 Å². The van der Waals surface area contributed by atoms with Gasteiger partial charge in [-0.05, 0) is 56.5 Å². The molecule has 0 spiro atoms. The Bertz CT molecular complexity index is 851.